The van der Waals surface area contributed by atoms with Gasteiger partial charge in [0, 0.05) is 11.1 Å². The topological polar surface area (TPSA) is 68.3 Å². The Labute approximate surface area is 201 Å². The van der Waals surface area contributed by atoms with E-state index in [9.17, 15) is 9.59 Å². The zero-order valence-electron chi connectivity index (χ0n) is 18.9. The third-order valence-corrected chi connectivity index (χ3v) is 8.37. The molecule has 0 aliphatic heterocycles. The van der Waals surface area contributed by atoms with Crippen LogP contribution in [0.5, 0.6) is 0 Å². The number of carbonyl (C=O) groups is 2. The van der Waals surface area contributed by atoms with E-state index in [0.29, 0.717) is 5.69 Å². The number of aromatic nitrogens is 1. The average Bonchev–Trinajstić information content (AvgIpc) is 3.19. The zero-order chi connectivity index (χ0) is 23.0. The summed E-state index contributed by atoms with van der Waals surface area (Å²) in [6.07, 6.45) is 9.10. The van der Waals surface area contributed by atoms with E-state index in [1.54, 1.807) is 0 Å². The van der Waals surface area contributed by atoms with Crippen LogP contribution >= 0.6 is 32.3 Å². The number of amides is 1. The van der Waals surface area contributed by atoms with Gasteiger partial charge in [-0.2, -0.15) is 0 Å². The Morgan fingerprint density at radius 1 is 1.12 bits per heavy atom. The van der Waals surface area contributed by atoms with Gasteiger partial charge in [-0.3, -0.25) is 9.59 Å². The van der Waals surface area contributed by atoms with Crippen LogP contribution in [0.3, 0.4) is 0 Å². The molecule has 174 valence electrons. The Bertz CT molecular complexity index is 892. The maximum Gasteiger partial charge on any atom is 0.322 e. The van der Waals surface area contributed by atoms with Gasteiger partial charge in [-0.25, -0.2) is 4.98 Å². The van der Waals surface area contributed by atoms with E-state index in [-0.39, 0.29) is 18.3 Å². The van der Waals surface area contributed by atoms with Crippen LogP contribution in [0.25, 0.3) is 0 Å². The molecule has 32 heavy (non-hydrogen) atoms. The number of hydrogen-bond acceptors (Lipinski definition) is 6. The van der Waals surface area contributed by atoms with Crippen molar-refractivity contribution in [3.05, 3.63) is 41.4 Å². The van der Waals surface area contributed by atoms with Gasteiger partial charge in [-0.1, -0.05) is 64.9 Å². The van der Waals surface area contributed by atoms with Gasteiger partial charge >= 0.3 is 5.97 Å². The molecule has 8 heteroatoms. The number of thioether (sulfide) groups is 1. The fourth-order valence-corrected chi connectivity index (χ4v) is 6.40. The lowest BCUT2D eigenvalue weighted by Gasteiger charge is -2.33. The molecule has 1 unspecified atom stereocenters. The third-order valence-electron chi connectivity index (χ3n) is 5.51. The highest BCUT2D eigenvalue weighted by Gasteiger charge is 2.38. The first-order chi connectivity index (χ1) is 15.3. The summed E-state index contributed by atoms with van der Waals surface area (Å²) in [7, 11) is 2.82. The fourth-order valence-electron chi connectivity index (χ4n) is 3.66. The smallest absolute Gasteiger partial charge is 0.322 e. The Morgan fingerprint density at radius 3 is 2.41 bits per heavy atom. The minimum absolute atomic E-state index is 0.109. The molecular weight excluding hydrogens is 459 g/mol. The number of ether oxygens (including phenoxy) is 1. The molecule has 0 bridgehead atoms. The van der Waals surface area contributed by atoms with Gasteiger partial charge in [-0.15, -0.1) is 11.3 Å². The molecule has 1 atom stereocenters. The summed E-state index contributed by atoms with van der Waals surface area (Å²) in [4.78, 5) is 29.9. The van der Waals surface area contributed by atoms with Gasteiger partial charge in [0.25, 0.3) is 0 Å². The largest absolute Gasteiger partial charge is 0.454 e. The van der Waals surface area contributed by atoms with E-state index >= 15 is 0 Å². The molecule has 1 saturated carbocycles. The highest BCUT2D eigenvalue weighted by molar-refractivity contribution is 8.03. The van der Waals surface area contributed by atoms with Crippen LogP contribution in [0.2, 0.25) is 0 Å². The summed E-state index contributed by atoms with van der Waals surface area (Å²) < 4.78 is 6.07. The molecule has 1 aromatic carbocycles. The van der Waals surface area contributed by atoms with Crippen LogP contribution in [0, 0.1) is 0 Å². The van der Waals surface area contributed by atoms with Gasteiger partial charge < -0.3 is 10.1 Å². The van der Waals surface area contributed by atoms with Crippen LogP contribution in [-0.4, -0.2) is 26.9 Å². The minimum Gasteiger partial charge on any atom is -0.454 e. The maximum absolute atomic E-state index is 13.1. The maximum atomic E-state index is 13.1. The summed E-state index contributed by atoms with van der Waals surface area (Å²) >= 11 is 2.85. The quantitative estimate of drug-likeness (QED) is 0.273. The number of para-hydroxylation sites is 1. The molecule has 1 aromatic heterocycles. The molecule has 1 heterocycles. The number of anilines is 1. The van der Waals surface area contributed by atoms with Crippen LogP contribution in [0.4, 0.5) is 5.69 Å². The first-order valence-corrected chi connectivity index (χ1v) is 13.5. The lowest BCUT2D eigenvalue weighted by molar-refractivity contribution is -0.154. The monoisotopic (exact) mass is 492 g/mol. The van der Waals surface area contributed by atoms with Gasteiger partial charge in [0.2, 0.25) is 5.91 Å². The van der Waals surface area contributed by atoms with E-state index in [2.05, 4.69) is 19.5 Å². The van der Waals surface area contributed by atoms with Gasteiger partial charge in [-0.05, 0) is 51.7 Å². The van der Waals surface area contributed by atoms with Crippen molar-refractivity contribution in [1.82, 2.24) is 4.98 Å². The lowest BCUT2D eigenvalue weighted by Crippen LogP contribution is -2.38. The summed E-state index contributed by atoms with van der Waals surface area (Å²) in [5.74, 6) is -0.322. The molecule has 0 radical (unpaired) electrons. The Hall–Kier alpha value is -1.43. The number of benzene rings is 1. The molecule has 1 aliphatic rings. The van der Waals surface area contributed by atoms with Crippen molar-refractivity contribution in [2.75, 3.05) is 5.32 Å². The normalized spacial score (nSPS) is 17.0. The third kappa shape index (κ3) is 7.86. The van der Waals surface area contributed by atoms with Crippen molar-refractivity contribution in [3.63, 3.8) is 0 Å². The number of carbonyl (C=O) groups excluding carboxylic acids is 2. The van der Waals surface area contributed by atoms with Crippen molar-refractivity contribution < 1.29 is 14.3 Å². The summed E-state index contributed by atoms with van der Waals surface area (Å²) in [5.41, 5.74) is 1.47. The molecule has 1 fully saturated rings. The fraction of sp³-hybridized carbons (Fsp3) is 0.542. The van der Waals surface area contributed by atoms with Crippen molar-refractivity contribution in [2.24, 2.45) is 0 Å². The SMILES string of the molecule is CC(C)(Sc1nc(CC(=O)Nc2ccccc2)cs1)C(=O)OC1(P)CCCCCCCC1. The number of rotatable bonds is 7. The lowest BCUT2D eigenvalue weighted by atomic mass is 10.1. The zero-order valence-corrected chi connectivity index (χ0v) is 21.7. The van der Waals surface area contributed by atoms with Gasteiger partial charge in [0.15, 0.2) is 4.34 Å². The highest BCUT2D eigenvalue weighted by atomic mass is 32.2. The second kappa shape index (κ2) is 11.6. The van der Waals surface area contributed by atoms with Crippen molar-refractivity contribution in [3.8, 4) is 0 Å². The first-order valence-electron chi connectivity index (χ1n) is 11.3. The number of hydrogen-bond donors (Lipinski definition) is 1. The predicted octanol–water partition coefficient (Wildman–Crippen LogP) is 6.44. The predicted molar refractivity (Wildman–Crippen MR) is 136 cm³/mol. The van der Waals surface area contributed by atoms with Crippen LogP contribution in [0.1, 0.15) is 70.9 Å². The van der Waals surface area contributed by atoms with E-state index in [1.807, 2.05) is 49.6 Å². The first kappa shape index (κ1) is 25.2. The number of esters is 1. The summed E-state index contributed by atoms with van der Waals surface area (Å²) in [6.45, 7) is 3.76. The average molecular weight is 493 g/mol. The molecule has 3 rings (SSSR count). The highest BCUT2D eigenvalue weighted by Crippen LogP contribution is 2.40. The number of thiazole rings is 1. The second-order valence-electron chi connectivity index (χ2n) is 8.88. The van der Waals surface area contributed by atoms with Crippen LogP contribution in [-0.2, 0) is 20.7 Å². The molecule has 2 aromatic rings. The number of nitrogens with one attached hydrogen (secondary N) is 1. The van der Waals surface area contributed by atoms with E-state index in [4.69, 9.17) is 4.74 Å². The van der Waals surface area contributed by atoms with Crippen LogP contribution < -0.4 is 5.32 Å². The second-order valence-corrected chi connectivity index (χ2v) is 12.7. The molecule has 5 nitrogen and oxygen atoms in total. The van der Waals surface area contributed by atoms with Crippen molar-refractivity contribution >= 4 is 49.9 Å². The molecule has 0 spiro atoms. The van der Waals surface area contributed by atoms with Crippen molar-refractivity contribution in [1.29, 1.82) is 0 Å². The standard InChI is InChI=1S/C24H33N2O3PS2/c1-23(2,21(28)29-24(30)14-10-5-3-4-6-11-15-24)32-22-26-19(17-31-22)16-20(27)25-18-12-8-7-9-13-18/h7-9,12-13,17H,3-6,10-11,14-16,30H2,1-2H3,(H,25,27). The van der Waals surface area contributed by atoms with E-state index in [1.165, 1.54) is 48.8 Å². The van der Waals surface area contributed by atoms with E-state index < -0.39 is 10.1 Å². The molecular formula is C24H33N2O3PS2. The molecule has 0 saturated heterocycles. The summed E-state index contributed by atoms with van der Waals surface area (Å²) in [6, 6.07) is 9.37. The molecule has 1 aliphatic carbocycles. The summed E-state index contributed by atoms with van der Waals surface area (Å²) in [5, 5.41) is 4.28. The Kier molecular flexibility index (Phi) is 9.15. The Balaban J connectivity index is 1.55. The molecule has 1 amide bonds. The van der Waals surface area contributed by atoms with Gasteiger partial charge in [0.05, 0.1) is 12.1 Å². The van der Waals surface area contributed by atoms with Crippen molar-refractivity contribution in [2.45, 2.75) is 86.1 Å². The Morgan fingerprint density at radius 2 is 1.75 bits per heavy atom. The minimum atomic E-state index is -0.760. The van der Waals surface area contributed by atoms with Gasteiger partial charge in [0.1, 0.15) is 10.1 Å². The van der Waals surface area contributed by atoms with E-state index in [0.717, 1.165) is 35.7 Å². The number of nitrogens with zero attached hydrogens (tertiary/aromatic N) is 1. The van der Waals surface area contributed by atoms with Crippen LogP contribution in [0.15, 0.2) is 40.1 Å². The molecule has 1 N–H and O–H groups in total.